The van der Waals surface area contributed by atoms with E-state index in [0.717, 1.165) is 41.3 Å². The van der Waals surface area contributed by atoms with Crippen LogP contribution in [0.4, 0.5) is 11.4 Å². The average molecular weight is 339 g/mol. The molecule has 3 aromatic rings. The van der Waals surface area contributed by atoms with Crippen LogP contribution in [0.15, 0.2) is 90.1 Å². The smallest absolute Gasteiger partial charge is 0.0701 e. The van der Waals surface area contributed by atoms with Crippen LogP contribution in [0.25, 0.3) is 11.3 Å². The van der Waals surface area contributed by atoms with E-state index >= 15 is 0 Å². The number of pyridine rings is 1. The fraction of sp³-hybridized carbons (Fsp3) is 0.130. The molecule has 0 N–H and O–H groups in total. The highest BCUT2D eigenvalue weighted by atomic mass is 15.1. The Labute approximate surface area is 154 Å². The van der Waals surface area contributed by atoms with Gasteiger partial charge in [-0.15, -0.1) is 0 Å². The Kier molecular flexibility index (Phi) is 4.61. The number of nitrogens with zero attached hydrogens (tertiary/aromatic N) is 3. The molecule has 0 saturated carbocycles. The maximum Gasteiger partial charge on any atom is 0.0701 e. The summed E-state index contributed by atoms with van der Waals surface area (Å²) in [5.74, 6) is 0. The monoisotopic (exact) mass is 339 g/mol. The number of dihydropyridines is 1. The third kappa shape index (κ3) is 3.42. The van der Waals surface area contributed by atoms with Gasteiger partial charge in [0.2, 0.25) is 0 Å². The van der Waals surface area contributed by atoms with E-state index in [2.05, 4.69) is 82.6 Å². The van der Waals surface area contributed by atoms with Crippen molar-refractivity contribution in [3.63, 3.8) is 0 Å². The quantitative estimate of drug-likeness (QED) is 0.648. The highest BCUT2D eigenvalue weighted by molar-refractivity contribution is 6.09. The number of rotatable bonds is 4. The van der Waals surface area contributed by atoms with Gasteiger partial charge >= 0.3 is 0 Å². The minimum absolute atomic E-state index is 0.885. The lowest BCUT2D eigenvalue weighted by molar-refractivity contribution is 0.994. The molecule has 3 heteroatoms. The summed E-state index contributed by atoms with van der Waals surface area (Å²) in [7, 11) is 2.09. The van der Waals surface area contributed by atoms with Gasteiger partial charge in [-0.1, -0.05) is 36.4 Å². The van der Waals surface area contributed by atoms with Crippen LogP contribution in [-0.4, -0.2) is 24.3 Å². The van der Waals surface area contributed by atoms with Crippen molar-refractivity contribution in [2.45, 2.75) is 6.42 Å². The SMILES string of the molecule is CN(c1ccc(C2=NCCC=C2)cc1)c1ccc(-c2ccccn2)cc1. The molecule has 26 heavy (non-hydrogen) atoms. The Balaban J connectivity index is 1.53. The highest BCUT2D eigenvalue weighted by Gasteiger charge is 2.07. The van der Waals surface area contributed by atoms with Gasteiger partial charge in [0, 0.05) is 36.7 Å². The molecule has 0 unspecified atom stereocenters. The third-order valence-corrected chi connectivity index (χ3v) is 4.62. The van der Waals surface area contributed by atoms with Crippen LogP contribution < -0.4 is 4.90 Å². The van der Waals surface area contributed by atoms with Gasteiger partial charge < -0.3 is 4.90 Å². The number of aromatic nitrogens is 1. The Hall–Kier alpha value is -3.20. The summed E-state index contributed by atoms with van der Waals surface area (Å²) in [6.45, 7) is 0.885. The van der Waals surface area contributed by atoms with Gasteiger partial charge in [0.05, 0.1) is 11.4 Å². The molecule has 0 fully saturated rings. The zero-order valence-corrected chi connectivity index (χ0v) is 14.8. The van der Waals surface area contributed by atoms with Crippen molar-refractivity contribution in [2.75, 3.05) is 18.5 Å². The first kappa shape index (κ1) is 16.3. The van der Waals surface area contributed by atoms with Gasteiger partial charge in [-0.2, -0.15) is 0 Å². The standard InChI is InChI=1S/C23H21N3/c1-26(20-12-8-18(9-13-20)22-6-2-4-16-24-22)21-14-10-19(11-15-21)23-7-3-5-17-25-23/h2-4,6-16H,5,17H2,1H3. The van der Waals surface area contributed by atoms with Crippen molar-refractivity contribution in [3.8, 4) is 11.3 Å². The molecular weight excluding hydrogens is 318 g/mol. The van der Waals surface area contributed by atoms with E-state index in [0.29, 0.717) is 0 Å². The first-order valence-electron chi connectivity index (χ1n) is 8.88. The summed E-state index contributed by atoms with van der Waals surface area (Å²) < 4.78 is 0. The second-order valence-corrected chi connectivity index (χ2v) is 6.33. The maximum absolute atomic E-state index is 4.58. The van der Waals surface area contributed by atoms with Gasteiger partial charge in [-0.25, -0.2) is 0 Å². The summed E-state index contributed by atoms with van der Waals surface area (Å²) >= 11 is 0. The topological polar surface area (TPSA) is 28.5 Å². The van der Waals surface area contributed by atoms with E-state index in [-0.39, 0.29) is 0 Å². The van der Waals surface area contributed by atoms with Crippen LogP contribution >= 0.6 is 0 Å². The second-order valence-electron chi connectivity index (χ2n) is 6.33. The minimum Gasteiger partial charge on any atom is -0.345 e. The summed E-state index contributed by atoms with van der Waals surface area (Å²) in [5.41, 5.74) is 6.66. The molecule has 0 atom stereocenters. The van der Waals surface area contributed by atoms with Gasteiger partial charge in [-0.05, 0) is 54.5 Å². The Morgan fingerprint density at radius 1 is 0.808 bits per heavy atom. The molecule has 2 heterocycles. The van der Waals surface area contributed by atoms with E-state index in [9.17, 15) is 0 Å². The molecular formula is C23H21N3. The molecule has 0 bridgehead atoms. The average Bonchev–Trinajstić information content (AvgIpc) is 2.75. The molecule has 1 aliphatic heterocycles. The second kappa shape index (κ2) is 7.36. The number of allylic oxidation sites excluding steroid dienone is 1. The van der Waals surface area contributed by atoms with Gasteiger partial charge in [0.15, 0.2) is 0 Å². The van der Waals surface area contributed by atoms with Crippen LogP contribution in [0.2, 0.25) is 0 Å². The molecule has 3 nitrogen and oxygen atoms in total. The van der Waals surface area contributed by atoms with Crippen LogP contribution in [0.3, 0.4) is 0 Å². The maximum atomic E-state index is 4.58. The van der Waals surface area contributed by atoms with E-state index in [1.807, 2.05) is 24.4 Å². The van der Waals surface area contributed by atoms with Gasteiger partial charge in [-0.3, -0.25) is 9.98 Å². The Morgan fingerprint density at radius 3 is 2.08 bits per heavy atom. The van der Waals surface area contributed by atoms with Gasteiger partial charge in [0.1, 0.15) is 0 Å². The van der Waals surface area contributed by atoms with Crippen molar-refractivity contribution in [1.29, 1.82) is 0 Å². The number of benzene rings is 2. The molecule has 1 aliphatic rings. The number of anilines is 2. The molecule has 0 aliphatic carbocycles. The largest absolute Gasteiger partial charge is 0.345 e. The zero-order chi connectivity index (χ0) is 17.8. The van der Waals surface area contributed by atoms with E-state index in [1.54, 1.807) is 0 Å². The van der Waals surface area contributed by atoms with Crippen molar-refractivity contribution in [2.24, 2.45) is 4.99 Å². The number of aliphatic imine (C=N–C) groups is 1. The fourth-order valence-electron chi connectivity index (χ4n) is 3.09. The van der Waals surface area contributed by atoms with Crippen LogP contribution in [0.5, 0.6) is 0 Å². The summed E-state index contributed by atoms with van der Waals surface area (Å²) in [6.07, 6.45) is 7.16. The van der Waals surface area contributed by atoms with E-state index in [1.165, 1.54) is 5.56 Å². The predicted molar refractivity (Wildman–Crippen MR) is 109 cm³/mol. The molecule has 0 saturated heterocycles. The minimum atomic E-state index is 0.885. The fourth-order valence-corrected chi connectivity index (χ4v) is 3.09. The lowest BCUT2D eigenvalue weighted by Gasteiger charge is -2.20. The summed E-state index contributed by atoms with van der Waals surface area (Å²) in [5, 5.41) is 0. The molecule has 128 valence electrons. The predicted octanol–water partition coefficient (Wildman–Crippen LogP) is 5.27. The Bertz CT molecular complexity index is 923. The third-order valence-electron chi connectivity index (χ3n) is 4.62. The normalized spacial score (nSPS) is 13.3. The molecule has 0 radical (unpaired) electrons. The number of hydrogen-bond acceptors (Lipinski definition) is 3. The highest BCUT2D eigenvalue weighted by Crippen LogP contribution is 2.26. The van der Waals surface area contributed by atoms with Crippen LogP contribution in [0.1, 0.15) is 12.0 Å². The van der Waals surface area contributed by atoms with Crippen molar-refractivity contribution in [3.05, 3.63) is 90.6 Å². The molecule has 0 spiro atoms. The van der Waals surface area contributed by atoms with E-state index in [4.69, 9.17) is 0 Å². The molecule has 1 aromatic heterocycles. The van der Waals surface area contributed by atoms with Crippen LogP contribution in [0, 0.1) is 0 Å². The van der Waals surface area contributed by atoms with Crippen molar-refractivity contribution >= 4 is 17.1 Å². The summed E-state index contributed by atoms with van der Waals surface area (Å²) in [6, 6.07) is 23.0. The molecule has 2 aromatic carbocycles. The van der Waals surface area contributed by atoms with Crippen molar-refractivity contribution < 1.29 is 0 Å². The summed E-state index contributed by atoms with van der Waals surface area (Å²) in [4.78, 5) is 11.2. The van der Waals surface area contributed by atoms with E-state index < -0.39 is 0 Å². The van der Waals surface area contributed by atoms with Crippen LogP contribution in [-0.2, 0) is 0 Å². The molecule has 0 amide bonds. The zero-order valence-electron chi connectivity index (χ0n) is 14.8. The van der Waals surface area contributed by atoms with Gasteiger partial charge in [0.25, 0.3) is 0 Å². The first-order chi connectivity index (χ1) is 12.8. The Morgan fingerprint density at radius 2 is 1.50 bits per heavy atom. The van der Waals surface area contributed by atoms with Crippen molar-refractivity contribution in [1.82, 2.24) is 4.98 Å². The lowest BCUT2D eigenvalue weighted by atomic mass is 10.1. The lowest BCUT2D eigenvalue weighted by Crippen LogP contribution is -2.10. The number of hydrogen-bond donors (Lipinski definition) is 0. The first-order valence-corrected chi connectivity index (χ1v) is 8.88. The molecule has 4 rings (SSSR count).